The number of aliphatic hydroxyl groups is 1. The molecular formula is C15H19N3O. The van der Waals surface area contributed by atoms with E-state index >= 15 is 0 Å². The summed E-state index contributed by atoms with van der Waals surface area (Å²) in [5, 5.41) is 14.2. The van der Waals surface area contributed by atoms with E-state index in [4.69, 9.17) is 0 Å². The molecule has 3 rings (SSSR count). The van der Waals surface area contributed by atoms with Gasteiger partial charge in [0.15, 0.2) is 0 Å². The standard InChI is InChI=1S/C15H19N3O/c19-14-8-4-2-6-12(14)10-17-15-16-9-11-5-1-3-7-13(11)18-15/h1,3,5,7,9,12,14,19H,2,4,6,8,10H2,(H,16,17,18). The van der Waals surface area contributed by atoms with Crippen LogP contribution in [0.5, 0.6) is 0 Å². The van der Waals surface area contributed by atoms with Gasteiger partial charge in [0.05, 0.1) is 11.6 Å². The molecular weight excluding hydrogens is 238 g/mol. The molecule has 1 heterocycles. The van der Waals surface area contributed by atoms with E-state index in [1.165, 1.54) is 6.42 Å². The van der Waals surface area contributed by atoms with Crippen LogP contribution in [-0.2, 0) is 0 Å². The molecule has 0 bridgehead atoms. The molecule has 0 spiro atoms. The molecule has 2 aromatic rings. The van der Waals surface area contributed by atoms with Crippen LogP contribution in [0.4, 0.5) is 5.95 Å². The second-order valence-corrected chi connectivity index (χ2v) is 5.25. The van der Waals surface area contributed by atoms with Gasteiger partial charge in [-0.3, -0.25) is 0 Å². The predicted octanol–water partition coefficient (Wildman–Crippen LogP) is 2.59. The van der Waals surface area contributed by atoms with E-state index in [1.807, 2.05) is 30.5 Å². The summed E-state index contributed by atoms with van der Waals surface area (Å²) in [5.41, 5.74) is 0.948. The molecule has 4 nitrogen and oxygen atoms in total. The number of rotatable bonds is 3. The van der Waals surface area contributed by atoms with Crippen molar-refractivity contribution in [2.75, 3.05) is 11.9 Å². The van der Waals surface area contributed by atoms with Crippen molar-refractivity contribution in [2.45, 2.75) is 31.8 Å². The summed E-state index contributed by atoms with van der Waals surface area (Å²) in [4.78, 5) is 8.79. The maximum absolute atomic E-state index is 9.94. The molecule has 1 aromatic heterocycles. The minimum absolute atomic E-state index is 0.179. The van der Waals surface area contributed by atoms with Crippen LogP contribution in [0.15, 0.2) is 30.5 Å². The smallest absolute Gasteiger partial charge is 0.223 e. The lowest BCUT2D eigenvalue weighted by Crippen LogP contribution is -2.30. The van der Waals surface area contributed by atoms with Crippen LogP contribution in [0.1, 0.15) is 25.7 Å². The molecule has 19 heavy (non-hydrogen) atoms. The zero-order valence-corrected chi connectivity index (χ0v) is 10.9. The minimum Gasteiger partial charge on any atom is -0.393 e. The lowest BCUT2D eigenvalue weighted by molar-refractivity contribution is 0.0762. The van der Waals surface area contributed by atoms with Crippen molar-refractivity contribution >= 4 is 16.9 Å². The highest BCUT2D eigenvalue weighted by molar-refractivity contribution is 5.78. The monoisotopic (exact) mass is 257 g/mol. The molecule has 100 valence electrons. The van der Waals surface area contributed by atoms with Gasteiger partial charge in [0.1, 0.15) is 0 Å². The van der Waals surface area contributed by atoms with Gasteiger partial charge in [0, 0.05) is 24.0 Å². The maximum Gasteiger partial charge on any atom is 0.223 e. The Morgan fingerprint density at radius 3 is 2.95 bits per heavy atom. The number of aromatic nitrogens is 2. The second kappa shape index (κ2) is 5.53. The fourth-order valence-corrected chi connectivity index (χ4v) is 2.71. The van der Waals surface area contributed by atoms with E-state index in [-0.39, 0.29) is 6.10 Å². The first-order chi connectivity index (χ1) is 9.33. The third-order valence-electron chi connectivity index (χ3n) is 3.88. The van der Waals surface area contributed by atoms with Crippen molar-refractivity contribution < 1.29 is 5.11 Å². The van der Waals surface area contributed by atoms with Crippen molar-refractivity contribution in [3.05, 3.63) is 30.5 Å². The summed E-state index contributed by atoms with van der Waals surface area (Å²) in [6.07, 6.45) is 6.02. The molecule has 0 saturated heterocycles. The van der Waals surface area contributed by atoms with Crippen molar-refractivity contribution in [1.29, 1.82) is 0 Å². The molecule has 4 heteroatoms. The molecule has 1 aromatic carbocycles. The minimum atomic E-state index is -0.179. The Kier molecular flexibility index (Phi) is 3.60. The fraction of sp³-hybridized carbons (Fsp3) is 0.467. The van der Waals surface area contributed by atoms with Crippen molar-refractivity contribution in [3.63, 3.8) is 0 Å². The summed E-state index contributed by atoms with van der Waals surface area (Å²) in [7, 11) is 0. The van der Waals surface area contributed by atoms with Crippen LogP contribution in [-0.4, -0.2) is 27.7 Å². The van der Waals surface area contributed by atoms with Gasteiger partial charge in [-0.15, -0.1) is 0 Å². The Bertz CT molecular complexity index is 558. The molecule has 1 saturated carbocycles. The van der Waals surface area contributed by atoms with Crippen LogP contribution in [0.25, 0.3) is 10.9 Å². The summed E-state index contributed by atoms with van der Waals surface area (Å²) in [5.74, 6) is 0.972. The average Bonchev–Trinajstić information content (AvgIpc) is 2.46. The van der Waals surface area contributed by atoms with E-state index < -0.39 is 0 Å². The van der Waals surface area contributed by atoms with Crippen LogP contribution in [0.3, 0.4) is 0 Å². The van der Waals surface area contributed by atoms with Gasteiger partial charge < -0.3 is 10.4 Å². The molecule has 0 radical (unpaired) electrons. The number of anilines is 1. The normalized spacial score (nSPS) is 23.4. The quantitative estimate of drug-likeness (QED) is 0.887. The second-order valence-electron chi connectivity index (χ2n) is 5.25. The number of fused-ring (bicyclic) bond motifs is 1. The largest absolute Gasteiger partial charge is 0.393 e. The summed E-state index contributed by atoms with van der Waals surface area (Å²) in [6.45, 7) is 0.750. The molecule has 2 atom stereocenters. The molecule has 0 amide bonds. The molecule has 2 unspecified atom stereocenters. The van der Waals surface area contributed by atoms with Gasteiger partial charge in [-0.2, -0.15) is 0 Å². The summed E-state index contributed by atoms with van der Waals surface area (Å²) < 4.78 is 0. The van der Waals surface area contributed by atoms with E-state index in [0.29, 0.717) is 11.9 Å². The van der Waals surface area contributed by atoms with Gasteiger partial charge in [0.2, 0.25) is 5.95 Å². The lowest BCUT2D eigenvalue weighted by atomic mass is 9.86. The molecule has 1 fully saturated rings. The Balaban J connectivity index is 1.67. The summed E-state index contributed by atoms with van der Waals surface area (Å²) >= 11 is 0. The van der Waals surface area contributed by atoms with E-state index in [2.05, 4.69) is 15.3 Å². The Labute approximate surface area is 112 Å². The molecule has 1 aliphatic rings. The first-order valence-corrected chi connectivity index (χ1v) is 6.96. The van der Waals surface area contributed by atoms with Crippen LogP contribution in [0.2, 0.25) is 0 Å². The highest BCUT2D eigenvalue weighted by Gasteiger charge is 2.22. The Morgan fingerprint density at radius 1 is 1.21 bits per heavy atom. The van der Waals surface area contributed by atoms with E-state index in [0.717, 1.165) is 36.7 Å². The average molecular weight is 257 g/mol. The number of nitrogens with one attached hydrogen (secondary N) is 1. The SMILES string of the molecule is OC1CCCCC1CNc1ncc2ccccc2n1. The molecule has 0 aliphatic heterocycles. The van der Waals surface area contributed by atoms with E-state index in [9.17, 15) is 5.11 Å². The number of hydrogen-bond donors (Lipinski definition) is 2. The fourth-order valence-electron chi connectivity index (χ4n) is 2.71. The van der Waals surface area contributed by atoms with Crippen LogP contribution >= 0.6 is 0 Å². The third kappa shape index (κ3) is 2.84. The maximum atomic E-state index is 9.94. The van der Waals surface area contributed by atoms with Gasteiger partial charge in [-0.05, 0) is 18.9 Å². The highest BCUT2D eigenvalue weighted by Crippen LogP contribution is 2.24. The van der Waals surface area contributed by atoms with Crippen molar-refractivity contribution in [3.8, 4) is 0 Å². The number of aliphatic hydroxyl groups excluding tert-OH is 1. The number of para-hydroxylation sites is 1. The first kappa shape index (κ1) is 12.4. The zero-order chi connectivity index (χ0) is 13.1. The lowest BCUT2D eigenvalue weighted by Gasteiger charge is -2.27. The number of nitrogens with zero attached hydrogens (tertiary/aromatic N) is 2. The van der Waals surface area contributed by atoms with Gasteiger partial charge in [-0.25, -0.2) is 9.97 Å². The third-order valence-corrected chi connectivity index (χ3v) is 3.88. The van der Waals surface area contributed by atoms with Crippen LogP contribution < -0.4 is 5.32 Å². The first-order valence-electron chi connectivity index (χ1n) is 6.96. The summed E-state index contributed by atoms with van der Waals surface area (Å²) in [6, 6.07) is 7.95. The highest BCUT2D eigenvalue weighted by atomic mass is 16.3. The van der Waals surface area contributed by atoms with Gasteiger partial charge >= 0.3 is 0 Å². The predicted molar refractivity (Wildman–Crippen MR) is 76.0 cm³/mol. The van der Waals surface area contributed by atoms with Crippen LogP contribution in [0, 0.1) is 5.92 Å². The zero-order valence-electron chi connectivity index (χ0n) is 10.9. The topological polar surface area (TPSA) is 58.0 Å². The molecule has 2 N–H and O–H groups in total. The van der Waals surface area contributed by atoms with E-state index in [1.54, 1.807) is 0 Å². The number of hydrogen-bond acceptors (Lipinski definition) is 4. The number of benzene rings is 1. The van der Waals surface area contributed by atoms with Gasteiger partial charge in [0.25, 0.3) is 0 Å². The van der Waals surface area contributed by atoms with Crippen molar-refractivity contribution in [1.82, 2.24) is 9.97 Å². The molecule has 1 aliphatic carbocycles. The van der Waals surface area contributed by atoms with Crippen molar-refractivity contribution in [2.24, 2.45) is 5.92 Å². The Hall–Kier alpha value is -1.68. The Morgan fingerprint density at radius 2 is 2.05 bits per heavy atom. The van der Waals surface area contributed by atoms with Gasteiger partial charge in [-0.1, -0.05) is 31.0 Å².